The van der Waals surface area contributed by atoms with Crippen LogP contribution in [0.4, 0.5) is 20.2 Å². The highest BCUT2D eigenvalue weighted by molar-refractivity contribution is 9.10. The number of non-ortho nitro benzene ring substituents is 1. The molecule has 3 aromatic carbocycles. The van der Waals surface area contributed by atoms with E-state index in [1.165, 1.54) is 30.3 Å². The zero-order chi connectivity index (χ0) is 22.3. The molecule has 1 amide bonds. The number of benzene rings is 3. The molecule has 11 heteroatoms. The number of nitrogens with zero attached hydrogens (tertiary/aromatic N) is 2. The second-order valence-electron chi connectivity index (χ2n) is 6.32. The maximum atomic E-state index is 13.6. The van der Waals surface area contributed by atoms with Gasteiger partial charge in [0.1, 0.15) is 5.52 Å². The van der Waals surface area contributed by atoms with Crippen LogP contribution in [0.5, 0.6) is 0 Å². The normalized spacial score (nSPS) is 11.0. The highest BCUT2D eigenvalue weighted by Gasteiger charge is 2.18. The van der Waals surface area contributed by atoms with Crippen molar-refractivity contribution in [3.05, 3.63) is 85.3 Å². The topological polar surface area (TPSA) is 98.3 Å². The average Bonchev–Trinajstić information content (AvgIpc) is 3.13. The molecule has 0 bridgehead atoms. The third kappa shape index (κ3) is 4.12. The third-order valence-electron chi connectivity index (χ3n) is 4.29. The van der Waals surface area contributed by atoms with Crippen molar-refractivity contribution < 1.29 is 22.9 Å². The molecule has 0 radical (unpaired) electrons. The molecule has 1 N–H and O–H groups in total. The number of nitro benzene ring substituents is 1. The SMILES string of the molecule is O=C(Nc1ccc2oc(-c3cc(F)c(F)cc3Cl)nc2c1)c1cc([N+](=O)[O-])ccc1Br. The zero-order valence-corrected chi connectivity index (χ0v) is 17.5. The molecule has 0 saturated heterocycles. The number of carbonyl (C=O) groups excluding carboxylic acids is 1. The smallest absolute Gasteiger partial charge is 0.270 e. The Kier molecular flexibility index (Phi) is 5.42. The minimum Gasteiger partial charge on any atom is -0.436 e. The van der Waals surface area contributed by atoms with Crippen LogP contribution in [0.25, 0.3) is 22.6 Å². The van der Waals surface area contributed by atoms with Gasteiger partial charge in [-0.15, -0.1) is 0 Å². The van der Waals surface area contributed by atoms with E-state index < -0.39 is 22.5 Å². The third-order valence-corrected chi connectivity index (χ3v) is 5.30. The molecule has 0 aliphatic carbocycles. The van der Waals surface area contributed by atoms with E-state index in [1.807, 2.05) is 0 Å². The summed E-state index contributed by atoms with van der Waals surface area (Å²) in [7, 11) is 0. The summed E-state index contributed by atoms with van der Waals surface area (Å²) in [5.41, 5.74) is 0.907. The minimum absolute atomic E-state index is 0.0243. The van der Waals surface area contributed by atoms with E-state index in [1.54, 1.807) is 0 Å². The number of nitrogens with one attached hydrogen (secondary N) is 1. The number of fused-ring (bicyclic) bond motifs is 1. The Morgan fingerprint density at radius 3 is 2.61 bits per heavy atom. The molecule has 1 heterocycles. The molecule has 31 heavy (non-hydrogen) atoms. The van der Waals surface area contributed by atoms with Gasteiger partial charge in [0.15, 0.2) is 17.2 Å². The summed E-state index contributed by atoms with van der Waals surface area (Å²) < 4.78 is 32.8. The molecule has 0 spiro atoms. The van der Waals surface area contributed by atoms with E-state index in [9.17, 15) is 23.7 Å². The monoisotopic (exact) mass is 507 g/mol. The molecular formula is C20H9BrClF2N3O4. The van der Waals surface area contributed by atoms with Gasteiger partial charge in [0.25, 0.3) is 11.6 Å². The molecule has 1 aromatic heterocycles. The van der Waals surface area contributed by atoms with Gasteiger partial charge in [-0.05, 0) is 52.3 Å². The molecule has 7 nitrogen and oxygen atoms in total. The standard InChI is InChI=1S/C20H9BrClF2N3O4/c21-13-3-2-10(27(29)30)6-11(13)19(28)25-9-1-4-18-17(5-9)26-20(31-18)12-7-15(23)16(24)8-14(12)22/h1-8H,(H,25,28). The van der Waals surface area contributed by atoms with Crippen LogP contribution in [0.15, 0.2) is 57.4 Å². The van der Waals surface area contributed by atoms with Gasteiger partial charge in [-0.2, -0.15) is 0 Å². The van der Waals surface area contributed by atoms with E-state index in [4.69, 9.17) is 16.0 Å². The van der Waals surface area contributed by atoms with Crippen LogP contribution in [-0.2, 0) is 0 Å². The van der Waals surface area contributed by atoms with Crippen molar-refractivity contribution in [3.63, 3.8) is 0 Å². The Bertz CT molecular complexity index is 1380. The quantitative estimate of drug-likeness (QED) is 0.197. The van der Waals surface area contributed by atoms with Crippen molar-refractivity contribution in [2.45, 2.75) is 0 Å². The van der Waals surface area contributed by atoms with Crippen molar-refractivity contribution in [1.82, 2.24) is 4.98 Å². The second-order valence-corrected chi connectivity index (χ2v) is 7.58. The molecule has 0 unspecified atom stereocenters. The first-order chi connectivity index (χ1) is 14.7. The van der Waals surface area contributed by atoms with Crippen molar-refractivity contribution in [2.75, 3.05) is 5.32 Å². The maximum Gasteiger partial charge on any atom is 0.270 e. The number of anilines is 1. The lowest BCUT2D eigenvalue weighted by Crippen LogP contribution is -2.12. The molecule has 0 aliphatic heterocycles. The number of rotatable bonds is 4. The van der Waals surface area contributed by atoms with Gasteiger partial charge in [0.2, 0.25) is 5.89 Å². The number of aromatic nitrogens is 1. The van der Waals surface area contributed by atoms with Gasteiger partial charge in [-0.25, -0.2) is 13.8 Å². The summed E-state index contributed by atoms with van der Waals surface area (Å²) in [4.78, 5) is 27.2. The van der Waals surface area contributed by atoms with E-state index in [0.29, 0.717) is 21.3 Å². The first kappa shape index (κ1) is 20.9. The lowest BCUT2D eigenvalue weighted by molar-refractivity contribution is -0.384. The van der Waals surface area contributed by atoms with Crippen LogP contribution in [-0.4, -0.2) is 15.8 Å². The first-order valence-electron chi connectivity index (χ1n) is 8.54. The average molecular weight is 509 g/mol. The second kappa shape index (κ2) is 8.05. The largest absolute Gasteiger partial charge is 0.436 e. The lowest BCUT2D eigenvalue weighted by Gasteiger charge is -2.06. The number of hydrogen-bond donors (Lipinski definition) is 1. The number of hydrogen-bond acceptors (Lipinski definition) is 5. The summed E-state index contributed by atoms with van der Waals surface area (Å²) in [6.45, 7) is 0. The van der Waals surface area contributed by atoms with Crippen LogP contribution in [0.2, 0.25) is 5.02 Å². The summed E-state index contributed by atoms with van der Waals surface area (Å²) in [6.07, 6.45) is 0. The van der Waals surface area contributed by atoms with E-state index >= 15 is 0 Å². The molecule has 0 fully saturated rings. The van der Waals surface area contributed by atoms with Crippen LogP contribution >= 0.6 is 27.5 Å². The lowest BCUT2D eigenvalue weighted by atomic mass is 10.2. The van der Waals surface area contributed by atoms with Gasteiger partial charge < -0.3 is 9.73 Å². The van der Waals surface area contributed by atoms with Gasteiger partial charge in [-0.1, -0.05) is 11.6 Å². The molecule has 4 rings (SSSR count). The van der Waals surface area contributed by atoms with Crippen molar-refractivity contribution in [3.8, 4) is 11.5 Å². The van der Waals surface area contributed by atoms with Gasteiger partial charge >= 0.3 is 0 Å². The van der Waals surface area contributed by atoms with Crippen molar-refractivity contribution in [1.29, 1.82) is 0 Å². The predicted molar refractivity (Wildman–Crippen MR) is 113 cm³/mol. The Morgan fingerprint density at radius 2 is 1.87 bits per heavy atom. The van der Waals surface area contributed by atoms with Crippen LogP contribution in [0.1, 0.15) is 10.4 Å². The van der Waals surface area contributed by atoms with Crippen molar-refractivity contribution >= 4 is 55.9 Å². The number of amides is 1. The van der Waals surface area contributed by atoms with E-state index in [0.717, 1.165) is 18.2 Å². The fourth-order valence-electron chi connectivity index (χ4n) is 2.81. The Balaban J connectivity index is 1.65. The number of nitro groups is 1. The van der Waals surface area contributed by atoms with Crippen molar-refractivity contribution in [2.24, 2.45) is 0 Å². The number of oxazole rings is 1. The summed E-state index contributed by atoms with van der Waals surface area (Å²) in [6, 6.07) is 10.1. The summed E-state index contributed by atoms with van der Waals surface area (Å²) >= 11 is 9.16. The zero-order valence-electron chi connectivity index (χ0n) is 15.2. The number of halogens is 4. The fraction of sp³-hybridized carbons (Fsp3) is 0. The molecule has 156 valence electrons. The highest BCUT2D eigenvalue weighted by Crippen LogP contribution is 2.32. The molecular weight excluding hydrogens is 500 g/mol. The van der Waals surface area contributed by atoms with Gasteiger partial charge in [0, 0.05) is 22.3 Å². The summed E-state index contributed by atoms with van der Waals surface area (Å²) in [5, 5.41) is 13.5. The van der Waals surface area contributed by atoms with Crippen LogP contribution in [0, 0.1) is 21.7 Å². The highest BCUT2D eigenvalue weighted by atomic mass is 79.9. The molecule has 0 atom stereocenters. The predicted octanol–water partition coefficient (Wildman–Crippen LogP) is 6.35. The minimum atomic E-state index is -1.10. The Morgan fingerprint density at radius 1 is 1.13 bits per heavy atom. The van der Waals surface area contributed by atoms with E-state index in [2.05, 4.69) is 26.2 Å². The van der Waals surface area contributed by atoms with E-state index in [-0.39, 0.29) is 27.7 Å². The fourth-order valence-corrected chi connectivity index (χ4v) is 3.46. The van der Waals surface area contributed by atoms with Crippen LogP contribution in [0.3, 0.4) is 0 Å². The number of carbonyl (C=O) groups is 1. The molecule has 0 aliphatic rings. The maximum absolute atomic E-state index is 13.6. The Hall–Kier alpha value is -3.37. The van der Waals surface area contributed by atoms with Crippen LogP contribution < -0.4 is 5.32 Å². The van der Waals surface area contributed by atoms with Gasteiger partial charge in [-0.3, -0.25) is 14.9 Å². The summed E-state index contributed by atoms with van der Waals surface area (Å²) in [5.74, 6) is -2.80. The molecule has 0 saturated carbocycles. The Labute approximate surface area is 185 Å². The first-order valence-corrected chi connectivity index (χ1v) is 9.71. The van der Waals surface area contributed by atoms with Gasteiger partial charge in [0.05, 0.1) is 21.1 Å². The molecule has 4 aromatic rings.